The highest BCUT2D eigenvalue weighted by Crippen LogP contribution is 2.49. The van der Waals surface area contributed by atoms with Crippen LogP contribution in [0.1, 0.15) is 47.9 Å². The Morgan fingerprint density at radius 2 is 2.07 bits per heavy atom. The Bertz CT molecular complexity index is 981. The highest BCUT2D eigenvalue weighted by Gasteiger charge is 2.56. The molecule has 0 saturated heterocycles. The summed E-state index contributed by atoms with van der Waals surface area (Å²) in [6.07, 6.45) is 3.74. The zero-order valence-electron chi connectivity index (χ0n) is 15.9. The van der Waals surface area contributed by atoms with E-state index in [2.05, 4.69) is 20.5 Å². The van der Waals surface area contributed by atoms with Crippen molar-refractivity contribution in [3.8, 4) is 0 Å². The molecule has 9 nitrogen and oxygen atoms in total. The van der Waals surface area contributed by atoms with Gasteiger partial charge in [-0.1, -0.05) is 0 Å². The molecular weight excluding hydrogens is 384 g/mol. The monoisotopic (exact) mass is 405 g/mol. The van der Waals surface area contributed by atoms with Crippen molar-refractivity contribution in [2.24, 2.45) is 5.92 Å². The minimum atomic E-state index is -2.66. The second-order valence-corrected chi connectivity index (χ2v) is 8.09. The van der Waals surface area contributed by atoms with Crippen molar-refractivity contribution in [2.75, 3.05) is 11.9 Å². The summed E-state index contributed by atoms with van der Waals surface area (Å²) < 4.78 is 29.1. The van der Waals surface area contributed by atoms with Crippen molar-refractivity contribution in [1.29, 1.82) is 0 Å². The van der Waals surface area contributed by atoms with Crippen molar-refractivity contribution in [1.82, 2.24) is 29.9 Å². The number of hydrogen-bond acceptors (Lipinski definition) is 5. The maximum Gasteiger partial charge on any atom is 0.291 e. The Labute approximate surface area is 165 Å². The number of likely N-dealkylation sites (N-methyl/N-ethyl adjacent to an activating group) is 1. The second kappa shape index (κ2) is 6.33. The Morgan fingerprint density at radius 1 is 1.31 bits per heavy atom. The molecule has 0 spiro atoms. The van der Waals surface area contributed by atoms with Crippen LogP contribution < -0.4 is 10.2 Å². The van der Waals surface area contributed by atoms with Crippen LogP contribution in [-0.2, 0) is 17.9 Å². The van der Waals surface area contributed by atoms with Crippen LogP contribution in [0.25, 0.3) is 0 Å². The number of fused-ring (bicyclic) bond motifs is 1. The van der Waals surface area contributed by atoms with E-state index >= 15 is 0 Å². The molecule has 11 heteroatoms. The fourth-order valence-electron chi connectivity index (χ4n) is 3.70. The summed E-state index contributed by atoms with van der Waals surface area (Å²) >= 11 is 0. The number of anilines is 1. The van der Waals surface area contributed by atoms with Gasteiger partial charge in [-0.25, -0.2) is 18.4 Å². The van der Waals surface area contributed by atoms with Gasteiger partial charge in [0.15, 0.2) is 0 Å². The van der Waals surface area contributed by atoms with Crippen LogP contribution in [0, 0.1) is 5.92 Å². The molecule has 3 aliphatic rings. The summed E-state index contributed by atoms with van der Waals surface area (Å²) in [6.45, 7) is 0.518. The molecule has 0 bridgehead atoms. The van der Waals surface area contributed by atoms with E-state index < -0.39 is 23.8 Å². The summed E-state index contributed by atoms with van der Waals surface area (Å²) in [5, 5.41) is 11.2. The molecule has 2 atom stereocenters. The van der Waals surface area contributed by atoms with Crippen LogP contribution >= 0.6 is 0 Å². The number of nitrogens with zero attached hydrogens (tertiary/aromatic N) is 6. The number of alkyl halides is 2. The van der Waals surface area contributed by atoms with Crippen LogP contribution in [-0.4, -0.2) is 55.4 Å². The zero-order valence-corrected chi connectivity index (χ0v) is 15.9. The van der Waals surface area contributed by atoms with Gasteiger partial charge in [-0.05, 0) is 19.3 Å². The second-order valence-electron chi connectivity index (χ2n) is 8.09. The third-order valence-electron chi connectivity index (χ3n) is 5.78. The maximum atomic E-state index is 13.0. The number of nitrogens with one attached hydrogen (secondary N) is 1. The van der Waals surface area contributed by atoms with Gasteiger partial charge < -0.3 is 5.32 Å². The molecule has 3 heterocycles. The smallest absolute Gasteiger partial charge is 0.291 e. The molecule has 0 aromatic carbocycles. The normalized spacial score (nSPS) is 25.5. The van der Waals surface area contributed by atoms with Crippen molar-refractivity contribution in [2.45, 2.75) is 56.7 Å². The van der Waals surface area contributed by atoms with Crippen LogP contribution in [0.4, 0.5) is 14.6 Å². The lowest BCUT2D eigenvalue weighted by molar-refractivity contribution is -0.120. The van der Waals surface area contributed by atoms with Crippen molar-refractivity contribution in [3.05, 3.63) is 23.9 Å². The molecule has 2 fully saturated rings. The number of carbonyl (C=O) groups excluding carboxylic acids is 2. The lowest BCUT2D eigenvalue weighted by atomic mass is 10.2. The van der Waals surface area contributed by atoms with Crippen LogP contribution in [0.2, 0.25) is 0 Å². The predicted octanol–water partition coefficient (Wildman–Crippen LogP) is 1.17. The maximum absolute atomic E-state index is 13.0. The lowest BCUT2D eigenvalue weighted by Crippen LogP contribution is -2.47. The topological polar surface area (TPSA) is 97.9 Å². The van der Waals surface area contributed by atoms with Crippen LogP contribution in [0.5, 0.6) is 0 Å². The van der Waals surface area contributed by atoms with E-state index in [9.17, 15) is 18.4 Å². The van der Waals surface area contributed by atoms with Gasteiger partial charge in [0.05, 0.1) is 12.2 Å². The Balaban J connectivity index is 1.24. The number of hydrogen-bond donors (Lipinski definition) is 1. The first-order valence-corrected chi connectivity index (χ1v) is 9.75. The standard InChI is InChI=1S/C18H21F2N7O2/c1-25-14-6-13(10-2-3-10)23-27(14)5-4-12(17(25)29)22-16(28)15-21-9-26(24-15)8-11-7-18(11,19)20/h6,9-12H,2-5,7-8H2,1H3,(H,22,28)/t11?,12-/m0/s1. The number of rotatable bonds is 5. The van der Waals surface area contributed by atoms with E-state index in [0.29, 0.717) is 18.9 Å². The van der Waals surface area contributed by atoms with Gasteiger partial charge >= 0.3 is 0 Å². The molecule has 29 heavy (non-hydrogen) atoms. The van der Waals surface area contributed by atoms with Gasteiger partial charge in [-0.15, -0.1) is 5.10 Å². The summed E-state index contributed by atoms with van der Waals surface area (Å²) in [5.41, 5.74) is 1.01. The molecule has 5 rings (SSSR count). The number of amides is 2. The highest BCUT2D eigenvalue weighted by molar-refractivity contribution is 6.00. The number of carbonyl (C=O) groups is 2. The average Bonchev–Trinajstić information content (AvgIpc) is 3.51. The molecule has 2 amide bonds. The molecule has 0 radical (unpaired) electrons. The highest BCUT2D eigenvalue weighted by atomic mass is 19.3. The molecule has 1 N–H and O–H groups in total. The summed E-state index contributed by atoms with van der Waals surface area (Å²) in [5.74, 6) is -3.18. The first kappa shape index (κ1) is 18.2. The molecule has 2 saturated carbocycles. The summed E-state index contributed by atoms with van der Waals surface area (Å²) in [6, 6.07) is 1.20. The van der Waals surface area contributed by atoms with Crippen molar-refractivity contribution >= 4 is 17.6 Å². The third kappa shape index (κ3) is 3.38. The molecular formula is C18H21F2N7O2. The molecule has 2 aliphatic carbocycles. The SMILES string of the molecule is CN1C(=O)[C@@H](NC(=O)c2ncn(CC3CC3(F)F)n2)CCn2nc(C3CC3)cc21. The van der Waals surface area contributed by atoms with E-state index in [1.165, 1.54) is 15.9 Å². The minimum absolute atomic E-state index is 0.0167. The molecule has 2 aromatic heterocycles. The fraction of sp³-hybridized carbons (Fsp3) is 0.611. The minimum Gasteiger partial charge on any atom is -0.337 e. The van der Waals surface area contributed by atoms with Gasteiger partial charge in [0.25, 0.3) is 17.7 Å². The Hall–Kier alpha value is -2.85. The predicted molar refractivity (Wildman–Crippen MR) is 96.6 cm³/mol. The van der Waals surface area contributed by atoms with Gasteiger partial charge in [0.2, 0.25) is 5.82 Å². The largest absolute Gasteiger partial charge is 0.337 e. The van der Waals surface area contributed by atoms with E-state index in [1.54, 1.807) is 11.7 Å². The van der Waals surface area contributed by atoms with E-state index in [-0.39, 0.29) is 24.7 Å². The molecule has 1 unspecified atom stereocenters. The van der Waals surface area contributed by atoms with E-state index in [0.717, 1.165) is 24.4 Å². The average molecular weight is 405 g/mol. The van der Waals surface area contributed by atoms with E-state index in [1.807, 2.05) is 6.07 Å². The molecule has 2 aromatic rings. The summed E-state index contributed by atoms with van der Waals surface area (Å²) in [7, 11) is 1.67. The molecule has 1 aliphatic heterocycles. The third-order valence-corrected chi connectivity index (χ3v) is 5.78. The van der Waals surface area contributed by atoms with Crippen LogP contribution in [0.3, 0.4) is 0 Å². The van der Waals surface area contributed by atoms with Crippen molar-refractivity contribution < 1.29 is 18.4 Å². The van der Waals surface area contributed by atoms with Gasteiger partial charge in [0.1, 0.15) is 18.2 Å². The first-order chi connectivity index (χ1) is 13.8. The quantitative estimate of drug-likeness (QED) is 0.805. The lowest BCUT2D eigenvalue weighted by Gasteiger charge is -2.19. The van der Waals surface area contributed by atoms with Gasteiger partial charge in [-0.3, -0.25) is 19.2 Å². The number of halogens is 2. The Morgan fingerprint density at radius 3 is 2.76 bits per heavy atom. The van der Waals surface area contributed by atoms with E-state index in [4.69, 9.17) is 0 Å². The van der Waals surface area contributed by atoms with Crippen LogP contribution in [0.15, 0.2) is 12.4 Å². The number of aryl methyl sites for hydroxylation is 1. The first-order valence-electron chi connectivity index (χ1n) is 9.75. The summed E-state index contributed by atoms with van der Waals surface area (Å²) in [4.78, 5) is 30.7. The number of aromatic nitrogens is 5. The van der Waals surface area contributed by atoms with Gasteiger partial charge in [0, 0.05) is 37.9 Å². The van der Waals surface area contributed by atoms with Crippen molar-refractivity contribution in [3.63, 3.8) is 0 Å². The zero-order chi connectivity index (χ0) is 20.3. The Kier molecular flexibility index (Phi) is 3.97. The van der Waals surface area contributed by atoms with Gasteiger partial charge in [-0.2, -0.15) is 5.10 Å². The fourth-order valence-corrected chi connectivity index (χ4v) is 3.70. The molecule has 154 valence electrons.